The van der Waals surface area contributed by atoms with Gasteiger partial charge in [0.25, 0.3) is 6.29 Å². The van der Waals surface area contributed by atoms with Crippen molar-refractivity contribution in [2.75, 3.05) is 24.5 Å². The molecule has 89 valence electrons. The summed E-state index contributed by atoms with van der Waals surface area (Å²) in [5.74, 6) is 0. The highest BCUT2D eigenvalue weighted by Crippen LogP contribution is 2.22. The fraction of sp³-hybridized carbons (Fsp3) is 0.385. The van der Waals surface area contributed by atoms with Crippen LogP contribution in [0.25, 0.3) is 0 Å². The minimum atomic E-state index is 0.331. The van der Waals surface area contributed by atoms with E-state index in [0.29, 0.717) is 11.7 Å². The summed E-state index contributed by atoms with van der Waals surface area (Å²) in [6, 6.07) is 4.11. The summed E-state index contributed by atoms with van der Waals surface area (Å²) in [4.78, 5) is 17.2. The van der Waals surface area contributed by atoms with E-state index in [-0.39, 0.29) is 0 Å². The molecule has 0 bridgehead atoms. The summed E-state index contributed by atoms with van der Waals surface area (Å²) in [7, 11) is 0. The van der Waals surface area contributed by atoms with Crippen LogP contribution in [-0.4, -0.2) is 36.9 Å². The Kier molecular flexibility index (Phi) is 3.88. The lowest BCUT2D eigenvalue weighted by Gasteiger charge is -2.37. The molecule has 1 radical (unpaired) electrons. The van der Waals surface area contributed by atoms with E-state index in [1.165, 1.54) is 0 Å². The number of carbonyl (C=O) groups excluding carboxylic acids is 1. The maximum atomic E-state index is 10.9. The molecule has 17 heavy (non-hydrogen) atoms. The maximum absolute atomic E-state index is 10.9. The number of nitrogens with zero attached hydrogens (tertiary/aromatic N) is 2. The lowest BCUT2D eigenvalue weighted by atomic mass is 10.1. The molecule has 0 aliphatic carbocycles. The molecule has 0 spiro atoms. The lowest BCUT2D eigenvalue weighted by molar-refractivity contribution is 0.477. The van der Waals surface area contributed by atoms with Gasteiger partial charge in [-0.1, -0.05) is 6.08 Å². The van der Waals surface area contributed by atoms with Gasteiger partial charge in [-0.05, 0) is 18.6 Å². The van der Waals surface area contributed by atoms with Gasteiger partial charge in [-0.2, -0.15) is 0 Å². The zero-order chi connectivity index (χ0) is 12.1. The van der Waals surface area contributed by atoms with E-state index in [4.69, 9.17) is 0 Å². The van der Waals surface area contributed by atoms with Crippen molar-refractivity contribution in [3.63, 3.8) is 0 Å². The Labute approximate surface area is 101 Å². The van der Waals surface area contributed by atoms with Gasteiger partial charge in [-0.3, -0.25) is 9.78 Å². The minimum Gasteiger partial charge on any atom is -0.364 e. The van der Waals surface area contributed by atoms with Crippen LogP contribution in [0.4, 0.5) is 5.69 Å². The largest absolute Gasteiger partial charge is 0.364 e. The van der Waals surface area contributed by atoms with Gasteiger partial charge in [0.2, 0.25) is 0 Å². The molecule has 1 aliphatic heterocycles. The van der Waals surface area contributed by atoms with E-state index >= 15 is 0 Å². The molecule has 1 saturated heterocycles. The van der Waals surface area contributed by atoms with Crippen molar-refractivity contribution >= 4 is 12.0 Å². The van der Waals surface area contributed by atoms with Crippen molar-refractivity contribution < 1.29 is 4.79 Å². The highest BCUT2D eigenvalue weighted by atomic mass is 16.1. The molecule has 2 heterocycles. The summed E-state index contributed by atoms with van der Waals surface area (Å²) in [6.45, 7) is 6.47. The van der Waals surface area contributed by atoms with Gasteiger partial charge in [0.15, 0.2) is 0 Å². The summed E-state index contributed by atoms with van der Waals surface area (Å²) in [5.41, 5.74) is 1.26. The summed E-state index contributed by atoms with van der Waals surface area (Å²) >= 11 is 0. The number of aromatic nitrogens is 1. The Hall–Kier alpha value is -1.68. The average molecular weight is 230 g/mol. The van der Waals surface area contributed by atoms with Crippen LogP contribution < -0.4 is 10.2 Å². The molecule has 1 aromatic rings. The van der Waals surface area contributed by atoms with Crippen LogP contribution in [-0.2, 0) is 4.79 Å². The smallest absolute Gasteiger partial charge is 0.255 e. The second kappa shape index (κ2) is 5.59. The van der Waals surface area contributed by atoms with E-state index in [0.717, 1.165) is 31.7 Å². The number of hydrogen-bond acceptors (Lipinski definition) is 4. The highest BCUT2D eigenvalue weighted by molar-refractivity contribution is 5.82. The third-order valence-electron chi connectivity index (χ3n) is 2.98. The van der Waals surface area contributed by atoms with Crippen LogP contribution in [0, 0.1) is 0 Å². The third-order valence-corrected chi connectivity index (χ3v) is 2.98. The van der Waals surface area contributed by atoms with Crippen LogP contribution in [0.3, 0.4) is 0 Å². The molecule has 0 aromatic carbocycles. The van der Waals surface area contributed by atoms with Gasteiger partial charge in [-0.25, -0.2) is 0 Å². The van der Waals surface area contributed by atoms with Gasteiger partial charge >= 0.3 is 0 Å². The second-order valence-electron chi connectivity index (χ2n) is 4.05. The number of hydrogen-bond donors (Lipinski definition) is 1. The van der Waals surface area contributed by atoms with Gasteiger partial charge in [0.1, 0.15) is 5.69 Å². The van der Waals surface area contributed by atoms with Crippen LogP contribution in [0.2, 0.25) is 0 Å². The number of piperazine rings is 1. The first-order valence-corrected chi connectivity index (χ1v) is 5.78. The molecule has 1 fully saturated rings. The van der Waals surface area contributed by atoms with E-state index in [1.54, 1.807) is 6.20 Å². The first kappa shape index (κ1) is 11.8. The van der Waals surface area contributed by atoms with Crippen LogP contribution in [0.15, 0.2) is 31.0 Å². The summed E-state index contributed by atoms with van der Waals surface area (Å²) in [6.07, 6.45) is 6.32. The molecule has 4 heteroatoms. The van der Waals surface area contributed by atoms with Gasteiger partial charge < -0.3 is 10.2 Å². The number of anilines is 1. The molecule has 4 nitrogen and oxygen atoms in total. The number of nitrogens with one attached hydrogen (secondary N) is 1. The second-order valence-corrected chi connectivity index (χ2v) is 4.05. The average Bonchev–Trinajstić information content (AvgIpc) is 2.40. The first-order chi connectivity index (χ1) is 8.36. The van der Waals surface area contributed by atoms with E-state index < -0.39 is 0 Å². The van der Waals surface area contributed by atoms with Gasteiger partial charge in [-0.15, -0.1) is 6.58 Å². The Balaban J connectivity index is 2.28. The van der Waals surface area contributed by atoms with E-state index in [2.05, 4.69) is 21.8 Å². The Bertz CT molecular complexity index is 405. The minimum absolute atomic E-state index is 0.331. The fourth-order valence-electron chi connectivity index (χ4n) is 2.19. The van der Waals surface area contributed by atoms with Crippen LogP contribution in [0.1, 0.15) is 12.1 Å². The Morgan fingerprint density at radius 2 is 2.59 bits per heavy atom. The maximum Gasteiger partial charge on any atom is 0.255 e. The monoisotopic (exact) mass is 230 g/mol. The highest BCUT2D eigenvalue weighted by Gasteiger charge is 2.23. The van der Waals surface area contributed by atoms with Crippen LogP contribution in [0.5, 0.6) is 0 Å². The molecule has 0 amide bonds. The first-order valence-electron chi connectivity index (χ1n) is 5.78. The molecule has 0 saturated carbocycles. The van der Waals surface area contributed by atoms with Crippen molar-refractivity contribution in [2.45, 2.75) is 12.5 Å². The fourth-order valence-corrected chi connectivity index (χ4v) is 2.19. The van der Waals surface area contributed by atoms with E-state index in [1.807, 2.05) is 24.5 Å². The number of rotatable bonds is 4. The topological polar surface area (TPSA) is 45.2 Å². The summed E-state index contributed by atoms with van der Waals surface area (Å²) < 4.78 is 0. The third kappa shape index (κ3) is 2.53. The molecule has 1 unspecified atom stereocenters. The lowest BCUT2D eigenvalue weighted by Crippen LogP contribution is -2.51. The Morgan fingerprint density at radius 3 is 3.35 bits per heavy atom. The van der Waals surface area contributed by atoms with Gasteiger partial charge in [0, 0.05) is 31.9 Å². The van der Waals surface area contributed by atoms with Crippen molar-refractivity contribution in [1.29, 1.82) is 0 Å². The normalized spacial score (nSPS) is 20.0. The number of pyridine rings is 1. The molecular formula is C13H16N3O. The zero-order valence-corrected chi connectivity index (χ0v) is 9.72. The van der Waals surface area contributed by atoms with Crippen molar-refractivity contribution in [3.05, 3.63) is 36.7 Å². The molecule has 2 rings (SSSR count). The predicted octanol–water partition coefficient (Wildman–Crippen LogP) is 0.894. The standard InChI is InChI=1S/C13H16N3O/c1-2-4-11-9-14-7-8-16(11)13-5-3-6-15-12(13)10-17/h2-3,5-6,11,14H,1,4,7-9H2. The SMILES string of the molecule is C=CCC1CNCCN1c1cccnc1[C]=O. The quantitative estimate of drug-likeness (QED) is 0.780. The van der Waals surface area contributed by atoms with Gasteiger partial charge in [0.05, 0.1) is 5.69 Å². The molecule has 1 atom stereocenters. The molecule has 1 aromatic heterocycles. The van der Waals surface area contributed by atoms with Crippen molar-refractivity contribution in [1.82, 2.24) is 10.3 Å². The molecular weight excluding hydrogens is 214 g/mol. The molecule has 1 aliphatic rings. The van der Waals surface area contributed by atoms with E-state index in [9.17, 15) is 4.79 Å². The molecule has 1 N–H and O–H groups in total. The Morgan fingerprint density at radius 1 is 1.71 bits per heavy atom. The van der Waals surface area contributed by atoms with Crippen LogP contribution >= 0.6 is 0 Å². The summed E-state index contributed by atoms with van der Waals surface area (Å²) in [5, 5.41) is 3.35. The zero-order valence-electron chi connectivity index (χ0n) is 9.72. The van der Waals surface area contributed by atoms with Crippen molar-refractivity contribution in [2.24, 2.45) is 0 Å². The predicted molar refractivity (Wildman–Crippen MR) is 67.9 cm³/mol. The van der Waals surface area contributed by atoms with Crippen molar-refractivity contribution in [3.8, 4) is 0 Å².